The Morgan fingerprint density at radius 2 is 2.12 bits per heavy atom. The van der Waals surface area contributed by atoms with Gasteiger partial charge >= 0.3 is 0 Å². The lowest BCUT2D eigenvalue weighted by Gasteiger charge is -2.16. The zero-order valence-electron chi connectivity index (χ0n) is 10.3. The zero-order chi connectivity index (χ0) is 11.8. The van der Waals surface area contributed by atoms with Crippen molar-refractivity contribution < 1.29 is 4.39 Å². The third kappa shape index (κ3) is 4.75. The van der Waals surface area contributed by atoms with Crippen LogP contribution in [0.4, 0.5) is 4.39 Å². The van der Waals surface area contributed by atoms with Crippen molar-refractivity contribution in [1.29, 1.82) is 0 Å². The summed E-state index contributed by atoms with van der Waals surface area (Å²) in [7, 11) is 0. The van der Waals surface area contributed by atoms with Gasteiger partial charge in [-0.05, 0) is 49.5 Å². The van der Waals surface area contributed by atoms with Crippen LogP contribution < -0.4 is 5.32 Å². The van der Waals surface area contributed by atoms with Crippen molar-refractivity contribution in [2.24, 2.45) is 5.92 Å². The van der Waals surface area contributed by atoms with Crippen LogP contribution in [0.1, 0.15) is 32.3 Å². The van der Waals surface area contributed by atoms with E-state index in [2.05, 4.69) is 19.2 Å². The van der Waals surface area contributed by atoms with Crippen LogP contribution in [0.5, 0.6) is 0 Å². The maximum Gasteiger partial charge on any atom is 0.123 e. The summed E-state index contributed by atoms with van der Waals surface area (Å²) < 4.78 is 13.0. The Kier molecular flexibility index (Phi) is 6.09. The molecule has 0 fully saturated rings. The molecule has 16 heavy (non-hydrogen) atoms. The fraction of sp³-hybridized carbons (Fsp3) is 0.571. The highest BCUT2D eigenvalue weighted by Gasteiger charge is 2.08. The van der Waals surface area contributed by atoms with E-state index in [0.717, 1.165) is 25.1 Å². The molecule has 0 radical (unpaired) electrons. The second-order valence-corrected chi connectivity index (χ2v) is 4.30. The monoisotopic (exact) mass is 223 g/mol. The van der Waals surface area contributed by atoms with E-state index in [9.17, 15) is 4.39 Å². The fourth-order valence-corrected chi connectivity index (χ4v) is 2.03. The molecular weight excluding hydrogens is 201 g/mol. The van der Waals surface area contributed by atoms with E-state index in [1.54, 1.807) is 12.1 Å². The summed E-state index contributed by atoms with van der Waals surface area (Å²) in [5.74, 6) is 0.489. The number of nitrogens with one attached hydrogen (secondary N) is 1. The van der Waals surface area contributed by atoms with E-state index >= 15 is 0 Å². The smallest absolute Gasteiger partial charge is 0.123 e. The fourth-order valence-electron chi connectivity index (χ4n) is 2.03. The van der Waals surface area contributed by atoms with Crippen molar-refractivity contribution in [1.82, 2.24) is 5.32 Å². The quantitative estimate of drug-likeness (QED) is 0.747. The SMILES string of the molecule is CCCC(CNCC)Cc1cccc(F)c1. The van der Waals surface area contributed by atoms with Crippen molar-refractivity contribution in [3.63, 3.8) is 0 Å². The summed E-state index contributed by atoms with van der Waals surface area (Å²) in [5, 5.41) is 3.37. The lowest BCUT2D eigenvalue weighted by atomic mass is 9.95. The minimum absolute atomic E-state index is 0.129. The Bertz CT molecular complexity index is 299. The Morgan fingerprint density at radius 3 is 2.75 bits per heavy atom. The van der Waals surface area contributed by atoms with Gasteiger partial charge in [0, 0.05) is 0 Å². The average molecular weight is 223 g/mol. The van der Waals surface area contributed by atoms with Gasteiger partial charge in [0.15, 0.2) is 0 Å². The van der Waals surface area contributed by atoms with Crippen molar-refractivity contribution in [3.8, 4) is 0 Å². The lowest BCUT2D eigenvalue weighted by molar-refractivity contribution is 0.443. The first-order chi connectivity index (χ1) is 7.76. The minimum Gasteiger partial charge on any atom is -0.317 e. The second-order valence-electron chi connectivity index (χ2n) is 4.30. The van der Waals surface area contributed by atoms with Crippen molar-refractivity contribution in [2.75, 3.05) is 13.1 Å². The molecule has 1 aromatic rings. The first kappa shape index (κ1) is 13.2. The molecule has 1 atom stereocenters. The van der Waals surface area contributed by atoms with Crippen LogP contribution in [-0.4, -0.2) is 13.1 Å². The predicted molar refractivity (Wildman–Crippen MR) is 67.0 cm³/mol. The molecule has 0 bridgehead atoms. The summed E-state index contributed by atoms with van der Waals surface area (Å²) in [6.07, 6.45) is 3.35. The van der Waals surface area contributed by atoms with Gasteiger partial charge in [0.25, 0.3) is 0 Å². The van der Waals surface area contributed by atoms with Crippen LogP contribution in [-0.2, 0) is 6.42 Å². The van der Waals surface area contributed by atoms with Gasteiger partial charge in [-0.2, -0.15) is 0 Å². The highest BCUT2D eigenvalue weighted by atomic mass is 19.1. The molecule has 0 aliphatic rings. The Balaban J connectivity index is 2.52. The Morgan fingerprint density at radius 1 is 1.31 bits per heavy atom. The van der Waals surface area contributed by atoms with Gasteiger partial charge in [-0.25, -0.2) is 4.39 Å². The van der Waals surface area contributed by atoms with Crippen LogP contribution in [0.2, 0.25) is 0 Å². The highest BCUT2D eigenvalue weighted by molar-refractivity contribution is 5.16. The number of rotatable bonds is 7. The van der Waals surface area contributed by atoms with Crippen LogP contribution in [0.15, 0.2) is 24.3 Å². The van der Waals surface area contributed by atoms with Crippen LogP contribution in [0.3, 0.4) is 0 Å². The molecule has 2 heteroatoms. The molecule has 0 spiro atoms. The Labute approximate surface area is 98.1 Å². The topological polar surface area (TPSA) is 12.0 Å². The maximum absolute atomic E-state index is 13.0. The molecule has 1 unspecified atom stereocenters. The molecule has 0 aliphatic carbocycles. The van der Waals surface area contributed by atoms with Crippen LogP contribution >= 0.6 is 0 Å². The summed E-state index contributed by atoms with van der Waals surface area (Å²) in [5.41, 5.74) is 1.11. The number of halogens is 1. The number of hydrogen-bond donors (Lipinski definition) is 1. The highest BCUT2D eigenvalue weighted by Crippen LogP contribution is 2.14. The van der Waals surface area contributed by atoms with Gasteiger partial charge < -0.3 is 5.32 Å². The van der Waals surface area contributed by atoms with Gasteiger partial charge in [0.1, 0.15) is 5.82 Å². The van der Waals surface area contributed by atoms with E-state index in [4.69, 9.17) is 0 Å². The summed E-state index contributed by atoms with van der Waals surface area (Å²) in [4.78, 5) is 0. The van der Waals surface area contributed by atoms with E-state index in [1.807, 2.05) is 6.07 Å². The predicted octanol–water partition coefficient (Wildman–Crippen LogP) is 3.39. The van der Waals surface area contributed by atoms with Crippen molar-refractivity contribution >= 4 is 0 Å². The molecule has 0 aromatic heterocycles. The molecule has 1 N–H and O–H groups in total. The molecule has 0 amide bonds. The largest absolute Gasteiger partial charge is 0.317 e. The van der Waals surface area contributed by atoms with E-state index in [-0.39, 0.29) is 5.82 Å². The number of hydrogen-bond acceptors (Lipinski definition) is 1. The molecular formula is C14H22FN. The van der Waals surface area contributed by atoms with Crippen LogP contribution in [0.25, 0.3) is 0 Å². The second kappa shape index (κ2) is 7.39. The van der Waals surface area contributed by atoms with Crippen molar-refractivity contribution in [3.05, 3.63) is 35.6 Å². The first-order valence-electron chi connectivity index (χ1n) is 6.21. The molecule has 0 saturated carbocycles. The van der Waals surface area contributed by atoms with Gasteiger partial charge in [-0.3, -0.25) is 0 Å². The van der Waals surface area contributed by atoms with Gasteiger partial charge in [0.05, 0.1) is 0 Å². The zero-order valence-corrected chi connectivity index (χ0v) is 10.3. The molecule has 90 valence electrons. The average Bonchev–Trinajstić information content (AvgIpc) is 2.26. The molecule has 0 heterocycles. The van der Waals surface area contributed by atoms with Crippen LogP contribution in [0, 0.1) is 11.7 Å². The normalized spacial score (nSPS) is 12.7. The maximum atomic E-state index is 13.0. The van der Waals surface area contributed by atoms with Gasteiger partial charge in [-0.15, -0.1) is 0 Å². The van der Waals surface area contributed by atoms with E-state index in [1.165, 1.54) is 18.9 Å². The summed E-state index contributed by atoms with van der Waals surface area (Å²) >= 11 is 0. The van der Waals surface area contributed by atoms with Crippen molar-refractivity contribution in [2.45, 2.75) is 33.1 Å². The van der Waals surface area contributed by atoms with E-state index < -0.39 is 0 Å². The molecule has 1 rings (SSSR count). The van der Waals surface area contributed by atoms with Gasteiger partial charge in [-0.1, -0.05) is 32.4 Å². The first-order valence-corrected chi connectivity index (χ1v) is 6.21. The minimum atomic E-state index is -0.129. The molecule has 0 aliphatic heterocycles. The molecule has 1 aromatic carbocycles. The molecule has 1 nitrogen and oxygen atoms in total. The third-order valence-corrected chi connectivity index (χ3v) is 2.79. The van der Waals surface area contributed by atoms with E-state index in [0.29, 0.717) is 5.92 Å². The molecule has 0 saturated heterocycles. The summed E-state index contributed by atoms with van der Waals surface area (Å²) in [6, 6.07) is 6.95. The standard InChI is InChI=1S/C14H22FN/c1-3-6-13(11-16-4-2)9-12-7-5-8-14(15)10-12/h5,7-8,10,13,16H,3-4,6,9,11H2,1-2H3. The Hall–Kier alpha value is -0.890. The number of benzene rings is 1. The van der Waals surface area contributed by atoms with Gasteiger partial charge in [0.2, 0.25) is 0 Å². The summed E-state index contributed by atoms with van der Waals surface area (Å²) in [6.45, 7) is 6.35. The lowest BCUT2D eigenvalue weighted by Crippen LogP contribution is -2.24. The third-order valence-electron chi connectivity index (χ3n) is 2.79.